The van der Waals surface area contributed by atoms with Gasteiger partial charge in [-0.25, -0.2) is 9.59 Å². The standard InChI is InChI=1S/C20H22N2O5/c1-20(2,3)26-19(25)22-10-9-14(15(12-22)18(23)24)17-11-16(21-27-17)13-7-5-4-6-8-13/h4-8,11H,9-10,12H2,1-3H3,(H,23,24). The van der Waals surface area contributed by atoms with Gasteiger partial charge in [-0.05, 0) is 27.2 Å². The fourth-order valence-corrected chi connectivity index (χ4v) is 2.88. The van der Waals surface area contributed by atoms with Gasteiger partial charge in [0, 0.05) is 23.7 Å². The van der Waals surface area contributed by atoms with E-state index in [1.165, 1.54) is 4.90 Å². The van der Waals surface area contributed by atoms with Crippen LogP contribution in [0.2, 0.25) is 0 Å². The Kier molecular flexibility index (Phi) is 5.03. The molecule has 0 aliphatic carbocycles. The van der Waals surface area contributed by atoms with E-state index in [1.54, 1.807) is 26.8 Å². The highest BCUT2D eigenvalue weighted by Crippen LogP contribution is 2.31. The van der Waals surface area contributed by atoms with Crippen molar-refractivity contribution in [2.45, 2.75) is 32.8 Å². The average molecular weight is 370 g/mol. The van der Waals surface area contributed by atoms with E-state index in [0.717, 1.165) is 5.56 Å². The molecule has 7 nitrogen and oxygen atoms in total. The Hall–Kier alpha value is -3.09. The Bertz CT molecular complexity index is 877. The summed E-state index contributed by atoms with van der Waals surface area (Å²) < 4.78 is 10.8. The molecule has 1 aliphatic heterocycles. The summed E-state index contributed by atoms with van der Waals surface area (Å²) in [7, 11) is 0. The van der Waals surface area contributed by atoms with Crippen molar-refractivity contribution in [1.82, 2.24) is 10.1 Å². The van der Waals surface area contributed by atoms with E-state index < -0.39 is 17.7 Å². The smallest absolute Gasteiger partial charge is 0.410 e. The molecule has 0 radical (unpaired) electrons. The fraction of sp³-hybridized carbons (Fsp3) is 0.350. The molecule has 1 aliphatic rings. The van der Waals surface area contributed by atoms with Crippen molar-refractivity contribution in [3.63, 3.8) is 0 Å². The lowest BCUT2D eigenvalue weighted by molar-refractivity contribution is -0.132. The Morgan fingerprint density at radius 1 is 1.22 bits per heavy atom. The van der Waals surface area contributed by atoms with Crippen molar-refractivity contribution < 1.29 is 24.0 Å². The number of hydrogen-bond acceptors (Lipinski definition) is 5. The van der Waals surface area contributed by atoms with E-state index >= 15 is 0 Å². The molecule has 0 unspecified atom stereocenters. The Balaban J connectivity index is 1.86. The maximum absolute atomic E-state index is 12.3. The molecule has 0 fully saturated rings. The quantitative estimate of drug-likeness (QED) is 0.883. The third-order valence-electron chi connectivity index (χ3n) is 4.13. The van der Waals surface area contributed by atoms with Gasteiger partial charge < -0.3 is 19.3 Å². The Labute approximate surface area is 157 Å². The van der Waals surface area contributed by atoms with Gasteiger partial charge >= 0.3 is 12.1 Å². The predicted molar refractivity (Wildman–Crippen MR) is 98.9 cm³/mol. The molecular formula is C20H22N2O5. The van der Waals surface area contributed by atoms with E-state index in [1.807, 2.05) is 30.3 Å². The number of hydrogen-bond donors (Lipinski definition) is 1. The molecule has 0 bridgehead atoms. The number of benzene rings is 1. The van der Waals surface area contributed by atoms with E-state index in [4.69, 9.17) is 9.26 Å². The molecule has 1 aromatic heterocycles. The zero-order chi connectivity index (χ0) is 19.6. The topological polar surface area (TPSA) is 92.9 Å². The van der Waals surface area contributed by atoms with E-state index in [-0.39, 0.29) is 12.1 Å². The summed E-state index contributed by atoms with van der Waals surface area (Å²) in [5, 5.41) is 13.7. The van der Waals surface area contributed by atoms with Gasteiger partial charge in [-0.2, -0.15) is 0 Å². The number of nitrogens with zero attached hydrogens (tertiary/aromatic N) is 2. The molecule has 1 amide bonds. The van der Waals surface area contributed by atoms with Gasteiger partial charge in [-0.3, -0.25) is 0 Å². The van der Waals surface area contributed by atoms with Crippen molar-refractivity contribution in [3.8, 4) is 11.3 Å². The van der Waals surface area contributed by atoms with Crippen LogP contribution in [0.1, 0.15) is 33.0 Å². The van der Waals surface area contributed by atoms with E-state index in [2.05, 4.69) is 5.16 Å². The summed E-state index contributed by atoms with van der Waals surface area (Å²) >= 11 is 0. The maximum Gasteiger partial charge on any atom is 0.410 e. The van der Waals surface area contributed by atoms with E-state index in [9.17, 15) is 14.7 Å². The first-order valence-electron chi connectivity index (χ1n) is 8.70. The number of aromatic nitrogens is 1. The zero-order valence-corrected chi connectivity index (χ0v) is 15.6. The third-order valence-corrected chi connectivity index (χ3v) is 4.13. The summed E-state index contributed by atoms with van der Waals surface area (Å²) in [6, 6.07) is 11.2. The number of carbonyl (C=O) groups is 2. The van der Waals surface area contributed by atoms with Gasteiger partial charge in [0.25, 0.3) is 0 Å². The number of amides is 1. The second-order valence-corrected chi connectivity index (χ2v) is 7.36. The second kappa shape index (κ2) is 7.26. The highest BCUT2D eigenvalue weighted by molar-refractivity contribution is 5.97. The van der Waals surface area contributed by atoms with Gasteiger partial charge in [0.15, 0.2) is 5.76 Å². The molecule has 0 atom stereocenters. The molecule has 3 rings (SSSR count). The molecule has 142 valence electrons. The zero-order valence-electron chi connectivity index (χ0n) is 15.6. The number of ether oxygens (including phenoxy) is 1. The highest BCUT2D eigenvalue weighted by atomic mass is 16.6. The molecule has 7 heteroatoms. The molecule has 0 spiro atoms. The summed E-state index contributed by atoms with van der Waals surface area (Å²) in [4.78, 5) is 25.4. The van der Waals surface area contributed by atoms with Crippen LogP contribution < -0.4 is 0 Å². The molecule has 2 heterocycles. The van der Waals surface area contributed by atoms with Crippen LogP contribution in [0.25, 0.3) is 16.8 Å². The van der Waals surface area contributed by atoms with Crippen LogP contribution in [0.3, 0.4) is 0 Å². The first-order chi connectivity index (χ1) is 12.7. The second-order valence-electron chi connectivity index (χ2n) is 7.36. The van der Waals surface area contributed by atoms with Crippen LogP contribution in [-0.4, -0.2) is 45.9 Å². The minimum Gasteiger partial charge on any atom is -0.478 e. The molecule has 1 aromatic carbocycles. The molecule has 1 N–H and O–H groups in total. The molecular weight excluding hydrogens is 348 g/mol. The lowest BCUT2D eigenvalue weighted by atomic mass is 9.97. The molecule has 2 aromatic rings. The largest absolute Gasteiger partial charge is 0.478 e. The van der Waals surface area contributed by atoms with Crippen LogP contribution >= 0.6 is 0 Å². The Morgan fingerprint density at radius 3 is 2.56 bits per heavy atom. The number of rotatable bonds is 3. The third kappa shape index (κ3) is 4.36. The van der Waals surface area contributed by atoms with Gasteiger partial charge in [0.1, 0.15) is 11.3 Å². The lowest BCUT2D eigenvalue weighted by Gasteiger charge is -2.31. The number of carboxylic acid groups (broad SMARTS) is 1. The van der Waals surface area contributed by atoms with Gasteiger partial charge in [0.2, 0.25) is 0 Å². The fourth-order valence-electron chi connectivity index (χ4n) is 2.88. The number of aliphatic carboxylic acids is 1. The Morgan fingerprint density at radius 2 is 1.93 bits per heavy atom. The van der Waals surface area contributed by atoms with Crippen LogP contribution in [0.4, 0.5) is 4.79 Å². The normalized spacial score (nSPS) is 15.0. The first-order valence-corrected chi connectivity index (χ1v) is 8.70. The van der Waals surface area contributed by atoms with E-state index in [0.29, 0.717) is 30.0 Å². The molecule has 0 saturated heterocycles. The predicted octanol–water partition coefficient (Wildman–Crippen LogP) is 3.82. The minimum atomic E-state index is -1.09. The van der Waals surface area contributed by atoms with Crippen LogP contribution in [0.15, 0.2) is 46.5 Å². The van der Waals surface area contributed by atoms with Crippen LogP contribution in [-0.2, 0) is 9.53 Å². The van der Waals surface area contributed by atoms with Crippen molar-refractivity contribution in [1.29, 1.82) is 0 Å². The minimum absolute atomic E-state index is 0.0407. The monoisotopic (exact) mass is 370 g/mol. The molecule has 27 heavy (non-hydrogen) atoms. The van der Waals surface area contributed by atoms with Crippen LogP contribution in [0, 0.1) is 0 Å². The lowest BCUT2D eigenvalue weighted by Crippen LogP contribution is -2.41. The first kappa shape index (κ1) is 18.7. The number of carboxylic acids is 1. The van der Waals surface area contributed by atoms with Gasteiger partial charge in [0.05, 0.1) is 12.1 Å². The average Bonchev–Trinajstić information content (AvgIpc) is 3.10. The van der Waals surface area contributed by atoms with Gasteiger partial charge in [-0.1, -0.05) is 35.5 Å². The molecule has 0 saturated carbocycles. The summed E-state index contributed by atoms with van der Waals surface area (Å²) in [6.45, 7) is 5.62. The van der Waals surface area contributed by atoms with Crippen molar-refractivity contribution >= 4 is 17.6 Å². The summed E-state index contributed by atoms with van der Waals surface area (Å²) in [5.41, 5.74) is 1.55. The van der Waals surface area contributed by atoms with Crippen molar-refractivity contribution in [2.24, 2.45) is 0 Å². The van der Waals surface area contributed by atoms with Crippen molar-refractivity contribution in [2.75, 3.05) is 13.1 Å². The summed E-state index contributed by atoms with van der Waals surface area (Å²) in [5.74, 6) is -0.675. The SMILES string of the molecule is CC(C)(C)OC(=O)N1CCC(c2cc(-c3ccccc3)no2)=C(C(=O)O)C1. The van der Waals surface area contributed by atoms with Crippen molar-refractivity contribution in [3.05, 3.63) is 47.7 Å². The number of carbonyl (C=O) groups excluding carboxylic acids is 1. The van der Waals surface area contributed by atoms with Crippen LogP contribution in [0.5, 0.6) is 0 Å². The highest BCUT2D eigenvalue weighted by Gasteiger charge is 2.31. The maximum atomic E-state index is 12.3. The van der Waals surface area contributed by atoms with Gasteiger partial charge in [-0.15, -0.1) is 0 Å². The summed E-state index contributed by atoms with van der Waals surface area (Å²) in [6.07, 6.45) is -0.174.